The van der Waals surface area contributed by atoms with E-state index >= 15 is 0 Å². The minimum atomic E-state index is -0.0726. The van der Waals surface area contributed by atoms with Gasteiger partial charge in [0.1, 0.15) is 5.78 Å². The molecule has 0 aromatic carbocycles. The van der Waals surface area contributed by atoms with Gasteiger partial charge in [0.2, 0.25) is 0 Å². The zero-order valence-electron chi connectivity index (χ0n) is 7.94. The van der Waals surface area contributed by atoms with E-state index < -0.39 is 0 Å². The summed E-state index contributed by atoms with van der Waals surface area (Å²) in [5.41, 5.74) is -0.0726. The Labute approximate surface area is 68.9 Å². The third-order valence-electron chi connectivity index (χ3n) is 1.21. The highest BCUT2D eigenvalue weighted by Crippen LogP contribution is 2.07. The largest absolute Gasteiger partial charge is 0.376 e. The fourth-order valence-corrected chi connectivity index (χ4v) is 0.699. The van der Waals surface area contributed by atoms with Gasteiger partial charge in [0, 0.05) is 13.0 Å². The van der Waals surface area contributed by atoms with Gasteiger partial charge in [0.15, 0.2) is 0 Å². The van der Waals surface area contributed by atoms with E-state index in [4.69, 9.17) is 4.74 Å². The molecule has 0 bridgehead atoms. The maximum Gasteiger partial charge on any atom is 0.129 e. The van der Waals surface area contributed by atoms with Gasteiger partial charge in [-0.2, -0.15) is 0 Å². The lowest BCUT2D eigenvalue weighted by Crippen LogP contribution is -2.19. The highest BCUT2D eigenvalue weighted by Gasteiger charge is 2.08. The van der Waals surface area contributed by atoms with Crippen LogP contribution in [0.4, 0.5) is 0 Å². The van der Waals surface area contributed by atoms with Crippen LogP contribution < -0.4 is 0 Å². The molecule has 66 valence electrons. The number of carbonyl (C=O) groups excluding carboxylic acids is 1. The Bertz CT molecular complexity index is 122. The van der Waals surface area contributed by atoms with E-state index in [1.165, 1.54) is 0 Å². The van der Waals surface area contributed by atoms with Crippen LogP contribution in [0.2, 0.25) is 0 Å². The fourth-order valence-electron chi connectivity index (χ4n) is 0.699. The first-order chi connectivity index (χ1) is 4.92. The van der Waals surface area contributed by atoms with Gasteiger partial charge in [-0.1, -0.05) is 0 Å². The molecule has 0 aliphatic carbocycles. The molecule has 11 heavy (non-hydrogen) atoms. The van der Waals surface area contributed by atoms with E-state index in [1.54, 1.807) is 6.92 Å². The molecule has 0 saturated heterocycles. The topological polar surface area (TPSA) is 26.3 Å². The van der Waals surface area contributed by atoms with Crippen LogP contribution in [0.5, 0.6) is 0 Å². The number of rotatable bonds is 4. The lowest BCUT2D eigenvalue weighted by Gasteiger charge is -2.18. The molecule has 0 rings (SSSR count). The van der Waals surface area contributed by atoms with Crippen molar-refractivity contribution in [3.05, 3.63) is 0 Å². The number of hydrogen-bond donors (Lipinski definition) is 0. The zero-order valence-corrected chi connectivity index (χ0v) is 7.94. The number of ether oxygens (including phenoxy) is 1. The molecule has 0 aliphatic heterocycles. The van der Waals surface area contributed by atoms with Crippen molar-refractivity contribution in [1.29, 1.82) is 0 Å². The molecule has 0 radical (unpaired) electrons. The van der Waals surface area contributed by atoms with Crippen LogP contribution in [0.15, 0.2) is 0 Å². The highest BCUT2D eigenvalue weighted by molar-refractivity contribution is 5.75. The Kier molecular flexibility index (Phi) is 4.34. The average Bonchev–Trinajstić information content (AvgIpc) is 1.78. The third kappa shape index (κ3) is 9.63. The van der Waals surface area contributed by atoms with Crippen molar-refractivity contribution in [2.45, 2.75) is 46.1 Å². The number of carbonyl (C=O) groups is 1. The minimum Gasteiger partial charge on any atom is -0.376 e. The Morgan fingerprint density at radius 1 is 1.36 bits per heavy atom. The quantitative estimate of drug-likeness (QED) is 0.586. The van der Waals surface area contributed by atoms with Crippen LogP contribution in [0.1, 0.15) is 40.5 Å². The maximum atomic E-state index is 10.5. The molecule has 0 fully saturated rings. The summed E-state index contributed by atoms with van der Waals surface area (Å²) in [6, 6.07) is 0. The molecule has 0 aromatic rings. The normalized spacial score (nSPS) is 11.6. The van der Waals surface area contributed by atoms with Gasteiger partial charge in [0.05, 0.1) is 5.60 Å². The zero-order chi connectivity index (χ0) is 8.91. The van der Waals surface area contributed by atoms with Crippen molar-refractivity contribution < 1.29 is 9.53 Å². The minimum absolute atomic E-state index is 0.0726. The van der Waals surface area contributed by atoms with E-state index in [0.29, 0.717) is 13.0 Å². The van der Waals surface area contributed by atoms with Crippen LogP contribution in [0.25, 0.3) is 0 Å². The van der Waals surface area contributed by atoms with Crippen molar-refractivity contribution in [3.63, 3.8) is 0 Å². The molecule has 0 spiro atoms. The van der Waals surface area contributed by atoms with Gasteiger partial charge < -0.3 is 9.53 Å². The van der Waals surface area contributed by atoms with E-state index in [9.17, 15) is 4.79 Å². The maximum absolute atomic E-state index is 10.5. The summed E-state index contributed by atoms with van der Waals surface area (Å²) in [6.45, 7) is 8.34. The molecule has 2 heteroatoms. The van der Waals surface area contributed by atoms with Gasteiger partial charge in [-0.3, -0.25) is 0 Å². The molecule has 0 amide bonds. The molecular weight excluding hydrogens is 140 g/mol. The molecule has 0 aliphatic rings. The van der Waals surface area contributed by atoms with Crippen molar-refractivity contribution >= 4 is 5.78 Å². The Morgan fingerprint density at radius 2 is 1.91 bits per heavy atom. The first-order valence-corrected chi connectivity index (χ1v) is 4.05. The van der Waals surface area contributed by atoms with Crippen molar-refractivity contribution in [3.8, 4) is 0 Å². The third-order valence-corrected chi connectivity index (χ3v) is 1.21. The Hall–Kier alpha value is -0.370. The predicted molar refractivity (Wildman–Crippen MR) is 45.6 cm³/mol. The van der Waals surface area contributed by atoms with Gasteiger partial charge in [-0.15, -0.1) is 0 Å². The molecule has 0 N–H and O–H groups in total. The van der Waals surface area contributed by atoms with E-state index in [2.05, 4.69) is 0 Å². The second kappa shape index (κ2) is 4.50. The smallest absolute Gasteiger partial charge is 0.129 e. The van der Waals surface area contributed by atoms with Crippen molar-refractivity contribution in [2.24, 2.45) is 0 Å². The standard InChI is InChI=1S/C9H18O2/c1-8(10)6-5-7-11-9(2,3)4/h5-7H2,1-4H3. The molecule has 0 aromatic heterocycles. The number of hydrogen-bond acceptors (Lipinski definition) is 2. The summed E-state index contributed by atoms with van der Waals surface area (Å²) < 4.78 is 5.43. The summed E-state index contributed by atoms with van der Waals surface area (Å²) in [4.78, 5) is 10.5. The summed E-state index contributed by atoms with van der Waals surface area (Å²) in [5.74, 6) is 0.238. The fraction of sp³-hybridized carbons (Fsp3) is 0.889. The van der Waals surface area contributed by atoms with Crippen LogP contribution in [-0.4, -0.2) is 18.0 Å². The van der Waals surface area contributed by atoms with Crippen LogP contribution in [0.3, 0.4) is 0 Å². The van der Waals surface area contributed by atoms with Gasteiger partial charge >= 0.3 is 0 Å². The lowest BCUT2D eigenvalue weighted by molar-refractivity contribution is -0.117. The Morgan fingerprint density at radius 3 is 2.27 bits per heavy atom. The van der Waals surface area contributed by atoms with Gasteiger partial charge in [0.25, 0.3) is 0 Å². The van der Waals surface area contributed by atoms with Crippen LogP contribution in [0, 0.1) is 0 Å². The second-order valence-corrected chi connectivity index (χ2v) is 3.77. The van der Waals surface area contributed by atoms with Crippen molar-refractivity contribution in [2.75, 3.05) is 6.61 Å². The summed E-state index contributed by atoms with van der Waals surface area (Å²) in [5, 5.41) is 0. The van der Waals surface area contributed by atoms with Crippen LogP contribution >= 0.6 is 0 Å². The van der Waals surface area contributed by atoms with Crippen molar-refractivity contribution in [1.82, 2.24) is 0 Å². The van der Waals surface area contributed by atoms with E-state index in [0.717, 1.165) is 6.42 Å². The molecular formula is C9H18O2. The van der Waals surface area contributed by atoms with E-state index in [1.807, 2.05) is 20.8 Å². The second-order valence-electron chi connectivity index (χ2n) is 3.77. The summed E-state index contributed by atoms with van der Waals surface area (Å²) >= 11 is 0. The first kappa shape index (κ1) is 10.6. The molecule has 0 atom stereocenters. The first-order valence-electron chi connectivity index (χ1n) is 4.05. The number of ketones is 1. The molecule has 0 unspecified atom stereocenters. The molecule has 2 nitrogen and oxygen atoms in total. The SMILES string of the molecule is CC(=O)CCCOC(C)(C)C. The average molecular weight is 158 g/mol. The van der Waals surface area contributed by atoms with E-state index in [-0.39, 0.29) is 11.4 Å². The predicted octanol–water partition coefficient (Wildman–Crippen LogP) is 2.17. The summed E-state index contributed by atoms with van der Waals surface area (Å²) in [7, 11) is 0. The molecule has 0 heterocycles. The summed E-state index contributed by atoms with van der Waals surface area (Å²) in [6.07, 6.45) is 1.47. The lowest BCUT2D eigenvalue weighted by atomic mass is 10.2. The monoisotopic (exact) mass is 158 g/mol. The van der Waals surface area contributed by atoms with Crippen LogP contribution in [-0.2, 0) is 9.53 Å². The Balaban J connectivity index is 3.22. The highest BCUT2D eigenvalue weighted by atomic mass is 16.5. The van der Waals surface area contributed by atoms with Gasteiger partial charge in [-0.25, -0.2) is 0 Å². The molecule has 0 saturated carbocycles. The van der Waals surface area contributed by atoms with Gasteiger partial charge in [-0.05, 0) is 34.1 Å². The number of Topliss-reactive ketones (excluding diaryl/α,β-unsaturated/α-hetero) is 1.